The molecule has 2 heteroatoms. The van der Waals surface area contributed by atoms with Crippen LogP contribution in [0.25, 0.3) is 0 Å². The predicted molar refractivity (Wildman–Crippen MR) is 50.8 cm³/mol. The maximum Gasteiger partial charge on any atom is 0.0538 e. The molecule has 0 aromatic rings. The molecule has 1 aliphatic carbocycles. The van der Waals surface area contributed by atoms with Crippen molar-refractivity contribution in [3.63, 3.8) is 0 Å². The highest BCUT2D eigenvalue weighted by Crippen LogP contribution is 2.47. The molecule has 0 aromatic heterocycles. The molecule has 3 atom stereocenters. The highest BCUT2D eigenvalue weighted by Gasteiger charge is 2.44. The predicted octanol–water partition coefficient (Wildman–Crippen LogP) is 2.04. The summed E-state index contributed by atoms with van der Waals surface area (Å²) in [5.41, 5.74) is 0.528. The number of hydrogen-bond donors (Lipinski definition) is 2. The van der Waals surface area contributed by atoms with Gasteiger partial charge in [0.05, 0.1) is 5.37 Å². The minimum atomic E-state index is 0.456. The van der Waals surface area contributed by atoms with Gasteiger partial charge in [0.2, 0.25) is 0 Å². The average Bonchev–Trinajstić information content (AvgIpc) is 1.83. The van der Waals surface area contributed by atoms with Gasteiger partial charge in [0.15, 0.2) is 0 Å². The van der Waals surface area contributed by atoms with E-state index in [1.807, 2.05) is 0 Å². The Morgan fingerprint density at radius 1 is 1.36 bits per heavy atom. The third-order valence-corrected chi connectivity index (χ3v) is 3.90. The van der Waals surface area contributed by atoms with Crippen molar-refractivity contribution in [2.45, 2.75) is 44.5 Å². The summed E-state index contributed by atoms with van der Waals surface area (Å²) in [4.78, 5) is 0. The Morgan fingerprint density at radius 2 is 2.09 bits per heavy atom. The summed E-state index contributed by atoms with van der Waals surface area (Å²) in [6, 6.07) is 0.748. The SMILES string of the molecule is CC1(C)CC2CCC1C(S)N2. The third kappa shape index (κ3) is 1.20. The Bertz CT molecular complexity index is 167. The molecule has 0 amide bonds. The van der Waals surface area contributed by atoms with Gasteiger partial charge >= 0.3 is 0 Å². The first-order chi connectivity index (χ1) is 5.09. The van der Waals surface area contributed by atoms with E-state index in [2.05, 4.69) is 31.8 Å². The molecule has 11 heavy (non-hydrogen) atoms. The molecule has 2 bridgehead atoms. The lowest BCUT2D eigenvalue weighted by Gasteiger charge is -2.51. The van der Waals surface area contributed by atoms with Crippen LogP contribution in [0.1, 0.15) is 33.1 Å². The molecule has 0 spiro atoms. The lowest BCUT2D eigenvalue weighted by Crippen LogP contribution is -2.56. The third-order valence-electron chi connectivity index (χ3n) is 3.39. The van der Waals surface area contributed by atoms with Gasteiger partial charge in [-0.25, -0.2) is 0 Å². The second-order valence-corrected chi connectivity index (χ2v) is 5.24. The minimum Gasteiger partial charge on any atom is -0.302 e. The highest BCUT2D eigenvalue weighted by molar-refractivity contribution is 7.80. The maximum absolute atomic E-state index is 4.57. The molecule has 2 aliphatic heterocycles. The van der Waals surface area contributed by atoms with Crippen LogP contribution in [-0.2, 0) is 0 Å². The van der Waals surface area contributed by atoms with E-state index in [0.29, 0.717) is 10.8 Å². The molecule has 3 fully saturated rings. The second-order valence-electron chi connectivity index (χ2n) is 4.68. The molecular weight excluding hydrogens is 154 g/mol. The number of thiol groups is 1. The summed E-state index contributed by atoms with van der Waals surface area (Å²) in [5, 5.41) is 3.99. The summed E-state index contributed by atoms with van der Waals surface area (Å²) in [7, 11) is 0. The van der Waals surface area contributed by atoms with Gasteiger partial charge in [0.1, 0.15) is 0 Å². The van der Waals surface area contributed by atoms with E-state index in [9.17, 15) is 0 Å². The van der Waals surface area contributed by atoms with Gasteiger partial charge in [-0.1, -0.05) is 13.8 Å². The number of hydrogen-bond acceptors (Lipinski definition) is 2. The fourth-order valence-corrected chi connectivity index (χ4v) is 3.51. The van der Waals surface area contributed by atoms with E-state index in [1.54, 1.807) is 0 Å². The Kier molecular flexibility index (Phi) is 1.73. The Hall–Kier alpha value is 0.310. The average molecular weight is 171 g/mol. The molecule has 3 aliphatic rings. The van der Waals surface area contributed by atoms with Crippen LogP contribution in [0.2, 0.25) is 0 Å². The highest BCUT2D eigenvalue weighted by atomic mass is 32.1. The maximum atomic E-state index is 4.57. The number of rotatable bonds is 0. The van der Waals surface area contributed by atoms with Crippen LogP contribution in [0.15, 0.2) is 0 Å². The van der Waals surface area contributed by atoms with E-state index >= 15 is 0 Å². The van der Waals surface area contributed by atoms with Gasteiger partial charge in [0, 0.05) is 6.04 Å². The Morgan fingerprint density at radius 3 is 2.45 bits per heavy atom. The topological polar surface area (TPSA) is 12.0 Å². The van der Waals surface area contributed by atoms with Crippen molar-refractivity contribution < 1.29 is 0 Å². The van der Waals surface area contributed by atoms with Crippen molar-refractivity contribution in [1.29, 1.82) is 0 Å². The van der Waals surface area contributed by atoms with E-state index in [1.165, 1.54) is 19.3 Å². The summed E-state index contributed by atoms with van der Waals surface area (Å²) in [5.74, 6) is 0.788. The van der Waals surface area contributed by atoms with Crippen LogP contribution in [0.3, 0.4) is 0 Å². The Labute approximate surface area is 74.4 Å². The van der Waals surface area contributed by atoms with Gasteiger partial charge in [0.25, 0.3) is 0 Å². The quantitative estimate of drug-likeness (QED) is 0.532. The van der Waals surface area contributed by atoms with E-state index in [4.69, 9.17) is 0 Å². The van der Waals surface area contributed by atoms with Crippen LogP contribution in [0, 0.1) is 11.3 Å². The zero-order valence-corrected chi connectivity index (χ0v) is 8.20. The summed E-state index contributed by atoms with van der Waals surface area (Å²) in [6.07, 6.45) is 4.08. The molecule has 3 rings (SSSR count). The monoisotopic (exact) mass is 171 g/mol. The first-order valence-corrected chi connectivity index (χ1v) is 5.05. The number of fused-ring (bicyclic) bond motifs is 3. The summed E-state index contributed by atoms with van der Waals surface area (Å²) < 4.78 is 0. The molecule has 64 valence electrons. The van der Waals surface area contributed by atoms with Gasteiger partial charge < -0.3 is 5.32 Å². The fraction of sp³-hybridized carbons (Fsp3) is 1.00. The van der Waals surface area contributed by atoms with E-state index in [-0.39, 0.29) is 0 Å². The van der Waals surface area contributed by atoms with Gasteiger partial charge in [-0.2, -0.15) is 12.6 Å². The standard InChI is InChI=1S/C9H17NS/c1-9(2)5-6-3-4-7(9)8(11)10-6/h6-8,10-11H,3-5H2,1-2H3. The van der Waals surface area contributed by atoms with Gasteiger partial charge in [-0.3, -0.25) is 0 Å². The van der Waals surface area contributed by atoms with Crippen molar-refractivity contribution in [1.82, 2.24) is 5.32 Å². The van der Waals surface area contributed by atoms with Crippen molar-refractivity contribution in [2.75, 3.05) is 0 Å². The lowest BCUT2D eigenvalue weighted by molar-refractivity contribution is 0.0482. The molecular formula is C9H17NS. The van der Waals surface area contributed by atoms with Crippen molar-refractivity contribution in [2.24, 2.45) is 11.3 Å². The molecule has 1 N–H and O–H groups in total. The van der Waals surface area contributed by atoms with Crippen molar-refractivity contribution >= 4 is 12.6 Å². The van der Waals surface area contributed by atoms with Crippen molar-refractivity contribution in [3.8, 4) is 0 Å². The Balaban J connectivity index is 2.20. The van der Waals surface area contributed by atoms with Crippen LogP contribution in [-0.4, -0.2) is 11.4 Å². The summed E-state index contributed by atoms with van der Waals surface area (Å²) in [6.45, 7) is 4.77. The van der Waals surface area contributed by atoms with Crippen LogP contribution >= 0.6 is 12.6 Å². The minimum absolute atomic E-state index is 0.456. The normalized spacial score (nSPS) is 47.7. The largest absolute Gasteiger partial charge is 0.302 e. The van der Waals surface area contributed by atoms with Crippen molar-refractivity contribution in [3.05, 3.63) is 0 Å². The van der Waals surface area contributed by atoms with Crippen LogP contribution < -0.4 is 5.32 Å². The van der Waals surface area contributed by atoms with Crippen LogP contribution in [0.5, 0.6) is 0 Å². The first kappa shape index (κ1) is 7.93. The smallest absolute Gasteiger partial charge is 0.0538 e. The number of piperidine rings is 2. The molecule has 2 heterocycles. The fourth-order valence-electron chi connectivity index (χ4n) is 2.75. The van der Waals surface area contributed by atoms with Gasteiger partial charge in [-0.05, 0) is 30.6 Å². The van der Waals surface area contributed by atoms with E-state index < -0.39 is 0 Å². The summed E-state index contributed by atoms with van der Waals surface area (Å²) >= 11 is 4.57. The molecule has 3 unspecified atom stereocenters. The number of nitrogens with one attached hydrogen (secondary N) is 1. The first-order valence-electron chi connectivity index (χ1n) is 4.54. The zero-order chi connectivity index (χ0) is 8.06. The molecule has 1 nitrogen and oxygen atoms in total. The molecule has 0 aromatic carbocycles. The van der Waals surface area contributed by atoms with Gasteiger partial charge in [-0.15, -0.1) is 0 Å². The second kappa shape index (κ2) is 2.40. The molecule has 0 radical (unpaired) electrons. The lowest BCUT2D eigenvalue weighted by atomic mass is 9.64. The zero-order valence-electron chi connectivity index (χ0n) is 7.30. The van der Waals surface area contributed by atoms with Crippen LogP contribution in [0.4, 0.5) is 0 Å². The molecule has 2 saturated heterocycles. The molecule has 1 saturated carbocycles. The van der Waals surface area contributed by atoms with E-state index in [0.717, 1.165) is 12.0 Å².